The molecule has 0 spiro atoms. The molecular formula is C19H27N3O6. The number of ether oxygens (including phenoxy) is 2. The highest BCUT2D eigenvalue weighted by atomic mass is 16.6. The van der Waals surface area contributed by atoms with Crippen LogP contribution in [-0.2, 0) is 14.3 Å². The third-order valence-electron chi connectivity index (χ3n) is 4.60. The normalized spacial score (nSPS) is 15.4. The summed E-state index contributed by atoms with van der Waals surface area (Å²) in [6, 6.07) is 4.04. The van der Waals surface area contributed by atoms with E-state index in [0.29, 0.717) is 26.2 Å². The Balaban J connectivity index is 2.05. The van der Waals surface area contributed by atoms with E-state index in [2.05, 4.69) is 5.32 Å². The third kappa shape index (κ3) is 5.91. The first-order valence-corrected chi connectivity index (χ1v) is 9.45. The van der Waals surface area contributed by atoms with Gasteiger partial charge in [-0.1, -0.05) is 12.8 Å². The molecule has 9 nitrogen and oxygen atoms in total. The molecule has 28 heavy (non-hydrogen) atoms. The summed E-state index contributed by atoms with van der Waals surface area (Å²) in [5.41, 5.74) is 0.0730. The highest BCUT2D eigenvalue weighted by Crippen LogP contribution is 2.26. The lowest BCUT2D eigenvalue weighted by Gasteiger charge is -2.24. The fourth-order valence-corrected chi connectivity index (χ4v) is 3.07. The molecule has 1 saturated heterocycles. The van der Waals surface area contributed by atoms with E-state index in [1.165, 1.54) is 26.2 Å². The lowest BCUT2D eigenvalue weighted by molar-refractivity contribution is -0.384. The maximum Gasteiger partial charge on any atom is 0.339 e. The predicted octanol–water partition coefficient (Wildman–Crippen LogP) is 2.60. The Morgan fingerprint density at radius 2 is 1.93 bits per heavy atom. The second-order valence-electron chi connectivity index (χ2n) is 6.70. The Labute approximate surface area is 164 Å². The number of nitrogens with one attached hydrogen (secondary N) is 1. The Morgan fingerprint density at radius 1 is 1.25 bits per heavy atom. The SMILES string of the molecule is COCCNc1ccc(C(=O)O[C@@H](C)C(=O)N2CCCCCC2)cc1[N+](=O)[O-]. The molecular weight excluding hydrogens is 366 g/mol. The molecule has 1 atom stereocenters. The van der Waals surface area contributed by atoms with Gasteiger partial charge in [-0.15, -0.1) is 0 Å². The largest absolute Gasteiger partial charge is 0.449 e. The van der Waals surface area contributed by atoms with Crippen LogP contribution in [0.5, 0.6) is 0 Å². The number of hydrogen-bond acceptors (Lipinski definition) is 7. The van der Waals surface area contributed by atoms with E-state index in [0.717, 1.165) is 31.7 Å². The van der Waals surface area contributed by atoms with E-state index in [9.17, 15) is 19.7 Å². The zero-order chi connectivity index (χ0) is 20.5. The fourth-order valence-electron chi connectivity index (χ4n) is 3.07. The summed E-state index contributed by atoms with van der Waals surface area (Å²) >= 11 is 0. The van der Waals surface area contributed by atoms with Crippen LogP contribution < -0.4 is 5.32 Å². The molecule has 2 rings (SSSR count). The van der Waals surface area contributed by atoms with Gasteiger partial charge >= 0.3 is 5.97 Å². The topological polar surface area (TPSA) is 111 Å². The maximum atomic E-state index is 12.5. The van der Waals surface area contributed by atoms with Crippen LogP contribution in [0, 0.1) is 10.1 Å². The lowest BCUT2D eigenvalue weighted by Crippen LogP contribution is -2.40. The number of esters is 1. The van der Waals surface area contributed by atoms with E-state index in [4.69, 9.17) is 9.47 Å². The Morgan fingerprint density at radius 3 is 2.54 bits per heavy atom. The van der Waals surface area contributed by atoms with Gasteiger partial charge in [-0.05, 0) is 31.9 Å². The van der Waals surface area contributed by atoms with Crippen LogP contribution in [0.1, 0.15) is 43.0 Å². The van der Waals surface area contributed by atoms with Gasteiger partial charge in [0.2, 0.25) is 0 Å². The van der Waals surface area contributed by atoms with Gasteiger partial charge in [0.25, 0.3) is 11.6 Å². The first-order chi connectivity index (χ1) is 13.4. The number of carbonyl (C=O) groups is 2. The number of anilines is 1. The summed E-state index contributed by atoms with van der Waals surface area (Å²) in [5, 5.41) is 14.2. The van der Waals surface area contributed by atoms with E-state index >= 15 is 0 Å². The minimum Gasteiger partial charge on any atom is -0.449 e. The monoisotopic (exact) mass is 393 g/mol. The van der Waals surface area contributed by atoms with Gasteiger partial charge in [0.05, 0.1) is 17.1 Å². The number of rotatable bonds is 8. The van der Waals surface area contributed by atoms with Crippen molar-refractivity contribution >= 4 is 23.3 Å². The number of carbonyl (C=O) groups excluding carboxylic acids is 2. The summed E-state index contributed by atoms with van der Waals surface area (Å²) in [7, 11) is 1.53. The summed E-state index contributed by atoms with van der Waals surface area (Å²) in [5.74, 6) is -0.996. The van der Waals surface area contributed by atoms with Crippen molar-refractivity contribution in [2.75, 3.05) is 38.7 Å². The van der Waals surface area contributed by atoms with Gasteiger partial charge in [0.15, 0.2) is 6.10 Å². The molecule has 1 heterocycles. The minimum atomic E-state index is -0.941. The smallest absolute Gasteiger partial charge is 0.339 e. The summed E-state index contributed by atoms with van der Waals surface area (Å²) in [6.07, 6.45) is 3.12. The number of methoxy groups -OCH3 is 1. The van der Waals surface area contributed by atoms with Crippen LogP contribution >= 0.6 is 0 Å². The number of amides is 1. The van der Waals surface area contributed by atoms with Crippen molar-refractivity contribution in [1.29, 1.82) is 0 Å². The number of likely N-dealkylation sites (tertiary alicyclic amines) is 1. The molecule has 0 aromatic heterocycles. The second kappa shape index (κ2) is 10.6. The zero-order valence-corrected chi connectivity index (χ0v) is 16.3. The molecule has 0 saturated carbocycles. The molecule has 1 aromatic carbocycles. The molecule has 0 radical (unpaired) electrons. The van der Waals surface area contributed by atoms with Gasteiger partial charge in [0, 0.05) is 32.8 Å². The zero-order valence-electron chi connectivity index (χ0n) is 16.3. The Hall–Kier alpha value is -2.68. The van der Waals surface area contributed by atoms with Gasteiger partial charge in [0.1, 0.15) is 5.69 Å². The first-order valence-electron chi connectivity index (χ1n) is 9.45. The van der Waals surface area contributed by atoms with Crippen molar-refractivity contribution in [1.82, 2.24) is 4.90 Å². The highest BCUT2D eigenvalue weighted by molar-refractivity contribution is 5.93. The molecule has 1 aliphatic heterocycles. The van der Waals surface area contributed by atoms with Crippen LogP contribution in [0.2, 0.25) is 0 Å². The highest BCUT2D eigenvalue weighted by Gasteiger charge is 2.26. The molecule has 1 aliphatic rings. The van der Waals surface area contributed by atoms with Crippen molar-refractivity contribution in [3.8, 4) is 0 Å². The molecule has 1 fully saturated rings. The van der Waals surface area contributed by atoms with Gasteiger partial charge in [-0.2, -0.15) is 0 Å². The quantitative estimate of drug-likeness (QED) is 0.313. The van der Waals surface area contributed by atoms with Crippen LogP contribution in [0.15, 0.2) is 18.2 Å². The molecule has 0 aliphatic carbocycles. The Bertz CT molecular complexity index is 701. The average Bonchev–Trinajstić information content (AvgIpc) is 2.97. The van der Waals surface area contributed by atoms with Crippen LogP contribution in [-0.4, -0.2) is 61.2 Å². The number of nitrogens with zero attached hydrogens (tertiary/aromatic N) is 2. The van der Waals surface area contributed by atoms with E-state index < -0.39 is 17.0 Å². The van der Waals surface area contributed by atoms with Crippen molar-refractivity contribution < 1.29 is 24.0 Å². The molecule has 0 unspecified atom stereocenters. The second-order valence-corrected chi connectivity index (χ2v) is 6.70. The van der Waals surface area contributed by atoms with E-state index in [1.54, 1.807) is 4.90 Å². The average molecular weight is 393 g/mol. The van der Waals surface area contributed by atoms with Gasteiger partial charge < -0.3 is 19.7 Å². The summed E-state index contributed by atoms with van der Waals surface area (Å²) in [4.78, 5) is 37.4. The number of hydrogen-bond donors (Lipinski definition) is 1. The number of nitro groups is 1. The summed E-state index contributed by atoms with van der Waals surface area (Å²) in [6.45, 7) is 3.63. The van der Waals surface area contributed by atoms with Gasteiger partial charge in [-0.3, -0.25) is 14.9 Å². The number of nitro benzene ring substituents is 1. The maximum absolute atomic E-state index is 12.5. The van der Waals surface area contributed by atoms with Crippen molar-refractivity contribution in [2.45, 2.75) is 38.7 Å². The lowest BCUT2D eigenvalue weighted by atomic mass is 10.1. The van der Waals surface area contributed by atoms with E-state index in [1.807, 2.05) is 0 Å². The van der Waals surface area contributed by atoms with E-state index in [-0.39, 0.29) is 22.8 Å². The van der Waals surface area contributed by atoms with Crippen molar-refractivity contribution in [3.63, 3.8) is 0 Å². The van der Waals surface area contributed by atoms with Crippen LogP contribution in [0.4, 0.5) is 11.4 Å². The minimum absolute atomic E-state index is 0.0273. The first kappa shape index (κ1) is 21.6. The summed E-state index contributed by atoms with van der Waals surface area (Å²) < 4.78 is 10.2. The van der Waals surface area contributed by atoms with Crippen molar-refractivity contribution in [2.24, 2.45) is 0 Å². The van der Waals surface area contributed by atoms with Crippen molar-refractivity contribution in [3.05, 3.63) is 33.9 Å². The molecule has 1 aromatic rings. The van der Waals surface area contributed by atoms with Gasteiger partial charge in [-0.25, -0.2) is 4.79 Å². The third-order valence-corrected chi connectivity index (χ3v) is 4.60. The van der Waals surface area contributed by atoms with Crippen LogP contribution in [0.25, 0.3) is 0 Å². The Kier molecular flexibility index (Phi) is 8.19. The standard InChI is InChI=1S/C19H27N3O6/c1-14(18(23)21-10-5-3-4-6-11-21)28-19(24)15-7-8-16(20-9-12-27-2)17(13-15)22(25)26/h7-8,13-14,20H,3-6,9-12H2,1-2H3/t14-/m0/s1. The van der Waals surface area contributed by atoms with Crippen LogP contribution in [0.3, 0.4) is 0 Å². The molecule has 154 valence electrons. The molecule has 1 N–H and O–H groups in total. The fraction of sp³-hybridized carbons (Fsp3) is 0.579. The molecule has 9 heteroatoms. The number of benzene rings is 1. The molecule has 1 amide bonds. The molecule has 0 bridgehead atoms. The predicted molar refractivity (Wildman–Crippen MR) is 103 cm³/mol.